The van der Waals surface area contributed by atoms with Crippen LogP contribution in [0.15, 0.2) is 40.7 Å². The first-order valence-electron chi connectivity index (χ1n) is 7.46. The van der Waals surface area contributed by atoms with Crippen molar-refractivity contribution in [3.05, 3.63) is 46.4 Å². The molecule has 2 aromatic rings. The van der Waals surface area contributed by atoms with E-state index in [2.05, 4.69) is 9.88 Å². The quantitative estimate of drug-likeness (QED) is 0.860. The molecule has 3 rings (SSSR count). The molecule has 1 aliphatic heterocycles. The molecular formula is C16H20N2O2S2. The summed E-state index contributed by atoms with van der Waals surface area (Å²) in [6.45, 7) is 1.91. The van der Waals surface area contributed by atoms with E-state index in [1.54, 1.807) is 23.5 Å². The zero-order valence-corrected chi connectivity index (χ0v) is 14.2. The van der Waals surface area contributed by atoms with E-state index in [4.69, 9.17) is 0 Å². The Bertz CT molecular complexity index is 709. The van der Waals surface area contributed by atoms with Gasteiger partial charge in [-0.05, 0) is 37.1 Å². The molecule has 1 aromatic heterocycles. The lowest BCUT2D eigenvalue weighted by atomic mass is 10.0. The molecule has 2 heterocycles. The van der Waals surface area contributed by atoms with Crippen LogP contribution in [-0.2, 0) is 16.4 Å². The Kier molecular flexibility index (Phi) is 4.61. The summed E-state index contributed by atoms with van der Waals surface area (Å²) in [6.07, 6.45) is 6.71. The summed E-state index contributed by atoms with van der Waals surface area (Å²) in [6, 6.07) is 7.64. The molecular weight excluding hydrogens is 316 g/mol. The van der Waals surface area contributed by atoms with Gasteiger partial charge in [0.05, 0.1) is 10.9 Å². The maximum absolute atomic E-state index is 11.5. The summed E-state index contributed by atoms with van der Waals surface area (Å²) in [5, 5.41) is 3.22. The number of piperidine rings is 1. The van der Waals surface area contributed by atoms with Crippen LogP contribution in [0.1, 0.15) is 35.9 Å². The first-order valence-corrected chi connectivity index (χ1v) is 10.2. The lowest BCUT2D eigenvalue weighted by molar-refractivity contribution is 0.140. The highest BCUT2D eigenvalue weighted by Gasteiger charge is 2.25. The number of benzene rings is 1. The smallest absolute Gasteiger partial charge is 0.175 e. The van der Waals surface area contributed by atoms with Crippen LogP contribution < -0.4 is 0 Å². The minimum atomic E-state index is -3.12. The van der Waals surface area contributed by atoms with Gasteiger partial charge in [0, 0.05) is 24.4 Å². The van der Waals surface area contributed by atoms with Crippen LogP contribution in [-0.4, -0.2) is 31.1 Å². The first kappa shape index (κ1) is 15.6. The second-order valence-corrected chi connectivity index (χ2v) is 8.71. The maximum atomic E-state index is 11.5. The Morgan fingerprint density at radius 2 is 2.05 bits per heavy atom. The van der Waals surface area contributed by atoms with Gasteiger partial charge < -0.3 is 0 Å². The van der Waals surface area contributed by atoms with Crippen molar-refractivity contribution in [1.82, 2.24) is 9.88 Å². The topological polar surface area (TPSA) is 50.3 Å². The molecule has 0 spiro atoms. The van der Waals surface area contributed by atoms with E-state index in [1.165, 1.54) is 24.1 Å². The first-order chi connectivity index (χ1) is 10.5. The Morgan fingerprint density at radius 3 is 2.68 bits per heavy atom. The van der Waals surface area contributed by atoms with E-state index < -0.39 is 9.84 Å². The average Bonchev–Trinajstić information content (AvgIpc) is 3.01. The van der Waals surface area contributed by atoms with Gasteiger partial charge in [-0.2, -0.15) is 0 Å². The van der Waals surface area contributed by atoms with E-state index >= 15 is 0 Å². The number of likely N-dealkylation sites (tertiary alicyclic amines) is 1. The van der Waals surface area contributed by atoms with Crippen molar-refractivity contribution in [1.29, 1.82) is 0 Å². The highest BCUT2D eigenvalue weighted by molar-refractivity contribution is 7.90. The third-order valence-corrected chi connectivity index (χ3v) is 6.09. The number of hydrogen-bond acceptors (Lipinski definition) is 5. The molecule has 0 amide bonds. The van der Waals surface area contributed by atoms with Crippen LogP contribution in [0.4, 0.5) is 0 Å². The molecule has 1 unspecified atom stereocenters. The fraction of sp³-hybridized carbons (Fsp3) is 0.438. The fourth-order valence-electron chi connectivity index (χ4n) is 2.94. The van der Waals surface area contributed by atoms with Gasteiger partial charge in [0.25, 0.3) is 0 Å². The second-order valence-electron chi connectivity index (χ2n) is 5.77. The number of nitrogens with zero attached hydrogens (tertiary/aromatic N) is 2. The highest BCUT2D eigenvalue weighted by Crippen LogP contribution is 2.33. The number of sulfone groups is 1. The van der Waals surface area contributed by atoms with Crippen LogP contribution in [0.25, 0.3) is 0 Å². The van der Waals surface area contributed by atoms with Crippen LogP contribution in [0.3, 0.4) is 0 Å². The number of rotatable bonds is 4. The van der Waals surface area contributed by atoms with Gasteiger partial charge in [-0.25, -0.2) is 13.4 Å². The zero-order valence-electron chi connectivity index (χ0n) is 12.6. The molecule has 0 N–H and O–H groups in total. The summed E-state index contributed by atoms with van der Waals surface area (Å²) >= 11 is 1.72. The Morgan fingerprint density at radius 1 is 1.27 bits per heavy atom. The molecule has 1 saturated heterocycles. The molecule has 6 heteroatoms. The predicted octanol–water partition coefficient (Wildman–Crippen LogP) is 3.27. The molecule has 0 aliphatic carbocycles. The zero-order chi connectivity index (χ0) is 15.6. The molecule has 1 aliphatic rings. The van der Waals surface area contributed by atoms with Crippen molar-refractivity contribution >= 4 is 21.2 Å². The van der Waals surface area contributed by atoms with Crippen LogP contribution in [0.5, 0.6) is 0 Å². The third kappa shape index (κ3) is 3.56. The summed E-state index contributed by atoms with van der Waals surface area (Å²) in [5.41, 5.74) is 1.15. The van der Waals surface area contributed by atoms with Gasteiger partial charge in [0.15, 0.2) is 9.84 Å². The van der Waals surface area contributed by atoms with Gasteiger partial charge in [0.1, 0.15) is 5.01 Å². The predicted molar refractivity (Wildman–Crippen MR) is 88.7 cm³/mol. The van der Waals surface area contributed by atoms with Crippen molar-refractivity contribution in [3.8, 4) is 0 Å². The molecule has 0 radical (unpaired) electrons. The van der Waals surface area contributed by atoms with Crippen molar-refractivity contribution in [2.75, 3.05) is 12.8 Å². The van der Waals surface area contributed by atoms with Gasteiger partial charge in [0.2, 0.25) is 0 Å². The molecule has 0 saturated carbocycles. The van der Waals surface area contributed by atoms with Crippen molar-refractivity contribution in [2.24, 2.45) is 0 Å². The van der Waals surface area contributed by atoms with E-state index in [1.807, 2.05) is 23.7 Å². The van der Waals surface area contributed by atoms with Crippen molar-refractivity contribution in [3.63, 3.8) is 0 Å². The van der Waals surface area contributed by atoms with Crippen LogP contribution in [0, 0.1) is 0 Å². The van der Waals surface area contributed by atoms with Gasteiger partial charge in [-0.3, -0.25) is 4.90 Å². The normalized spacial score (nSPS) is 20.1. The molecule has 1 atom stereocenters. The molecule has 22 heavy (non-hydrogen) atoms. The Balaban J connectivity index is 1.76. The lowest BCUT2D eigenvalue weighted by Gasteiger charge is -2.34. The fourth-order valence-corrected chi connectivity index (χ4v) is 4.37. The number of aromatic nitrogens is 1. The monoisotopic (exact) mass is 336 g/mol. The summed E-state index contributed by atoms with van der Waals surface area (Å²) in [4.78, 5) is 7.31. The summed E-state index contributed by atoms with van der Waals surface area (Å²) < 4.78 is 23.0. The van der Waals surface area contributed by atoms with E-state index in [-0.39, 0.29) is 0 Å². The Labute approximate surface area is 135 Å². The second kappa shape index (κ2) is 6.48. The maximum Gasteiger partial charge on any atom is 0.175 e. The van der Waals surface area contributed by atoms with Crippen molar-refractivity contribution < 1.29 is 8.42 Å². The third-order valence-electron chi connectivity index (χ3n) is 4.09. The van der Waals surface area contributed by atoms with E-state index in [0.717, 1.165) is 25.1 Å². The largest absolute Gasteiger partial charge is 0.290 e. The minimum absolute atomic E-state index is 0.381. The molecule has 4 nitrogen and oxygen atoms in total. The van der Waals surface area contributed by atoms with Crippen LogP contribution >= 0.6 is 11.3 Å². The summed E-state index contributed by atoms with van der Waals surface area (Å²) in [7, 11) is -3.12. The van der Waals surface area contributed by atoms with Gasteiger partial charge >= 0.3 is 0 Å². The molecule has 1 aromatic carbocycles. The van der Waals surface area contributed by atoms with Gasteiger partial charge in [-0.15, -0.1) is 11.3 Å². The average molecular weight is 336 g/mol. The highest BCUT2D eigenvalue weighted by atomic mass is 32.2. The SMILES string of the molecule is CS(=O)(=O)c1ccc(CN2CCCCC2c2nccs2)cc1. The van der Waals surface area contributed by atoms with Crippen molar-refractivity contribution in [2.45, 2.75) is 36.7 Å². The lowest BCUT2D eigenvalue weighted by Crippen LogP contribution is -2.32. The summed E-state index contributed by atoms with van der Waals surface area (Å²) in [5.74, 6) is 0. The van der Waals surface area contributed by atoms with E-state index in [0.29, 0.717) is 10.9 Å². The molecule has 1 fully saturated rings. The Hall–Kier alpha value is -1.24. The molecule has 118 valence electrons. The van der Waals surface area contributed by atoms with Crippen LogP contribution in [0.2, 0.25) is 0 Å². The standard InChI is InChI=1S/C16H20N2O2S2/c1-22(19,20)14-7-5-13(6-8-14)12-18-10-3-2-4-15(18)16-17-9-11-21-16/h5-9,11,15H,2-4,10,12H2,1H3. The minimum Gasteiger partial charge on any atom is -0.290 e. The number of hydrogen-bond donors (Lipinski definition) is 0. The number of thiazole rings is 1. The van der Waals surface area contributed by atoms with Gasteiger partial charge in [-0.1, -0.05) is 18.6 Å². The molecule has 0 bridgehead atoms. The van der Waals surface area contributed by atoms with E-state index in [9.17, 15) is 8.42 Å².